The van der Waals surface area contributed by atoms with Gasteiger partial charge in [-0.3, -0.25) is 0 Å². The third-order valence-electron chi connectivity index (χ3n) is 5.39. The van der Waals surface area contributed by atoms with Crippen molar-refractivity contribution in [3.8, 4) is 5.75 Å². The molecular weight excluding hydrogens is 460 g/mol. The van der Waals surface area contributed by atoms with Crippen LogP contribution in [-0.4, -0.2) is 43.9 Å². The van der Waals surface area contributed by atoms with Crippen LogP contribution in [-0.2, 0) is 4.74 Å². The number of nitrogens with zero attached hydrogens (tertiary/aromatic N) is 1. The van der Waals surface area contributed by atoms with Crippen molar-refractivity contribution in [3.63, 3.8) is 0 Å². The molecule has 1 aliphatic heterocycles. The first-order chi connectivity index (χ1) is 12.4. The van der Waals surface area contributed by atoms with E-state index in [4.69, 9.17) is 9.47 Å². The molecule has 0 aromatic heterocycles. The quantitative estimate of drug-likeness (QED) is 0.363. The van der Waals surface area contributed by atoms with Crippen LogP contribution in [0.4, 0.5) is 4.39 Å². The minimum atomic E-state index is -0.265. The van der Waals surface area contributed by atoms with Gasteiger partial charge in [-0.2, -0.15) is 0 Å². The topological polar surface area (TPSA) is 54.9 Å². The molecule has 0 amide bonds. The summed E-state index contributed by atoms with van der Waals surface area (Å²) in [6.45, 7) is 10.7. The predicted molar refractivity (Wildman–Crippen MR) is 116 cm³/mol. The molecule has 1 heterocycles. The number of hydrogen-bond acceptors (Lipinski definition) is 3. The summed E-state index contributed by atoms with van der Waals surface area (Å²) in [7, 11) is 0. The van der Waals surface area contributed by atoms with E-state index in [9.17, 15) is 4.39 Å². The average molecular weight is 491 g/mol. The fraction of sp³-hybridized carbons (Fsp3) is 0.650. The molecule has 27 heavy (non-hydrogen) atoms. The van der Waals surface area contributed by atoms with Crippen molar-refractivity contribution in [2.24, 2.45) is 16.3 Å². The van der Waals surface area contributed by atoms with E-state index in [1.54, 1.807) is 12.1 Å². The van der Waals surface area contributed by atoms with Gasteiger partial charge in [-0.15, -0.1) is 24.0 Å². The van der Waals surface area contributed by atoms with Gasteiger partial charge in [0.15, 0.2) is 5.96 Å². The van der Waals surface area contributed by atoms with E-state index in [-0.39, 0.29) is 41.3 Å². The Kier molecular flexibility index (Phi) is 7.73. The molecule has 0 bridgehead atoms. The molecule has 1 saturated heterocycles. The highest BCUT2D eigenvalue weighted by Gasteiger charge is 2.59. The molecule has 4 unspecified atom stereocenters. The van der Waals surface area contributed by atoms with E-state index in [0.717, 1.165) is 25.5 Å². The Morgan fingerprint density at radius 2 is 2.07 bits per heavy atom. The molecule has 152 valence electrons. The van der Waals surface area contributed by atoms with Gasteiger partial charge in [0, 0.05) is 30.5 Å². The molecule has 1 aromatic carbocycles. The summed E-state index contributed by atoms with van der Waals surface area (Å²) >= 11 is 0. The van der Waals surface area contributed by atoms with Crippen LogP contribution in [0.5, 0.6) is 5.75 Å². The van der Waals surface area contributed by atoms with Crippen molar-refractivity contribution < 1.29 is 13.9 Å². The van der Waals surface area contributed by atoms with Crippen LogP contribution in [0.1, 0.15) is 34.1 Å². The zero-order valence-corrected chi connectivity index (χ0v) is 18.8. The highest BCUT2D eigenvalue weighted by Crippen LogP contribution is 2.52. The van der Waals surface area contributed by atoms with Crippen LogP contribution >= 0.6 is 24.0 Å². The molecule has 3 rings (SSSR count). The normalized spacial score (nSPS) is 27.0. The third kappa shape index (κ3) is 5.04. The van der Waals surface area contributed by atoms with Crippen molar-refractivity contribution in [1.29, 1.82) is 0 Å². The zero-order valence-electron chi connectivity index (χ0n) is 16.5. The van der Waals surface area contributed by atoms with Crippen LogP contribution < -0.4 is 15.4 Å². The number of ether oxygens (including phenoxy) is 2. The summed E-state index contributed by atoms with van der Waals surface area (Å²) in [4.78, 5) is 4.68. The molecule has 2 N–H and O–H groups in total. The van der Waals surface area contributed by atoms with Gasteiger partial charge in [-0.05, 0) is 44.5 Å². The second kappa shape index (κ2) is 9.41. The molecular formula is C20H31FIN3O2. The lowest BCUT2D eigenvalue weighted by Gasteiger charge is -2.54. The Hall–Kier alpha value is -1.09. The molecule has 1 saturated carbocycles. The standard InChI is InChI=1S/C20H30FN3O2.HI/c1-5-22-19(24-17-16-10-11-25-18(16)20(17,3)4)23-12-13(2)26-15-8-6-14(21)7-9-15;/h6-9,13,16-18H,5,10-12H2,1-4H3,(H2,22,23,24);1H. The molecule has 2 aliphatic rings. The zero-order chi connectivity index (χ0) is 18.7. The highest BCUT2D eigenvalue weighted by molar-refractivity contribution is 14.0. The van der Waals surface area contributed by atoms with E-state index < -0.39 is 0 Å². The molecule has 1 aliphatic carbocycles. The monoisotopic (exact) mass is 491 g/mol. The van der Waals surface area contributed by atoms with Crippen LogP contribution in [0.2, 0.25) is 0 Å². The first-order valence-electron chi connectivity index (χ1n) is 9.50. The Morgan fingerprint density at radius 1 is 1.37 bits per heavy atom. The Balaban J connectivity index is 0.00000261. The predicted octanol–water partition coefficient (Wildman–Crippen LogP) is 3.58. The minimum absolute atomic E-state index is 0. The largest absolute Gasteiger partial charge is 0.489 e. The lowest BCUT2D eigenvalue weighted by molar-refractivity contribution is -0.106. The number of aliphatic imine (C=N–C) groups is 1. The maximum Gasteiger partial charge on any atom is 0.191 e. The van der Waals surface area contributed by atoms with Crippen LogP contribution in [0, 0.1) is 17.2 Å². The lowest BCUT2D eigenvalue weighted by atomic mass is 9.57. The second-order valence-electron chi connectivity index (χ2n) is 7.79. The molecule has 7 heteroatoms. The summed E-state index contributed by atoms with van der Waals surface area (Å²) in [6, 6.07) is 6.43. The van der Waals surface area contributed by atoms with E-state index in [0.29, 0.717) is 30.4 Å². The summed E-state index contributed by atoms with van der Waals surface area (Å²) in [5.74, 6) is 1.75. The molecule has 2 fully saturated rings. The Morgan fingerprint density at radius 3 is 2.74 bits per heavy atom. The van der Waals surface area contributed by atoms with Crippen LogP contribution in [0.15, 0.2) is 29.3 Å². The fourth-order valence-corrected chi connectivity index (χ4v) is 4.09. The average Bonchev–Trinajstić information content (AvgIpc) is 3.06. The Labute approximate surface area is 178 Å². The van der Waals surface area contributed by atoms with Gasteiger partial charge in [0.1, 0.15) is 17.7 Å². The van der Waals surface area contributed by atoms with Crippen LogP contribution in [0.25, 0.3) is 0 Å². The van der Waals surface area contributed by atoms with Gasteiger partial charge in [0.05, 0.1) is 12.6 Å². The summed E-state index contributed by atoms with van der Waals surface area (Å²) in [5, 5.41) is 6.92. The first kappa shape index (κ1) is 22.2. The number of rotatable bonds is 6. The van der Waals surface area contributed by atoms with Gasteiger partial charge < -0.3 is 20.1 Å². The van der Waals surface area contributed by atoms with Gasteiger partial charge in [-0.1, -0.05) is 13.8 Å². The molecule has 4 atom stereocenters. The Bertz CT molecular complexity index is 639. The summed E-state index contributed by atoms with van der Waals surface area (Å²) in [6.07, 6.45) is 1.35. The maximum atomic E-state index is 13.0. The van der Waals surface area contributed by atoms with Crippen molar-refractivity contribution in [3.05, 3.63) is 30.1 Å². The number of halogens is 2. The van der Waals surface area contributed by atoms with Crippen LogP contribution in [0.3, 0.4) is 0 Å². The number of nitrogens with one attached hydrogen (secondary N) is 2. The number of hydrogen-bond donors (Lipinski definition) is 2. The molecule has 1 aromatic rings. The summed E-state index contributed by atoms with van der Waals surface area (Å²) < 4.78 is 24.6. The smallest absolute Gasteiger partial charge is 0.191 e. The van der Waals surface area contributed by atoms with Gasteiger partial charge in [0.2, 0.25) is 0 Å². The highest BCUT2D eigenvalue weighted by atomic mass is 127. The van der Waals surface area contributed by atoms with E-state index in [1.807, 2.05) is 6.92 Å². The number of benzene rings is 1. The third-order valence-corrected chi connectivity index (χ3v) is 5.39. The fourth-order valence-electron chi connectivity index (χ4n) is 4.09. The van der Waals surface area contributed by atoms with Gasteiger partial charge in [0.25, 0.3) is 0 Å². The summed E-state index contributed by atoms with van der Waals surface area (Å²) in [5.41, 5.74) is 0.105. The SMILES string of the molecule is CCNC(=NCC(C)Oc1ccc(F)cc1)NC1C2CCOC2C1(C)C.I. The van der Waals surface area contributed by atoms with Crippen molar-refractivity contribution in [1.82, 2.24) is 10.6 Å². The number of fused-ring (bicyclic) bond motifs is 1. The van der Waals surface area contributed by atoms with Crippen molar-refractivity contribution >= 4 is 29.9 Å². The minimum Gasteiger partial charge on any atom is -0.489 e. The van der Waals surface area contributed by atoms with E-state index in [1.165, 1.54) is 12.1 Å². The molecule has 0 spiro atoms. The van der Waals surface area contributed by atoms with Crippen molar-refractivity contribution in [2.75, 3.05) is 19.7 Å². The van der Waals surface area contributed by atoms with Crippen molar-refractivity contribution in [2.45, 2.75) is 52.4 Å². The maximum absolute atomic E-state index is 13.0. The first-order valence-corrected chi connectivity index (χ1v) is 9.50. The van der Waals surface area contributed by atoms with Gasteiger partial charge >= 0.3 is 0 Å². The molecule has 0 radical (unpaired) electrons. The second-order valence-corrected chi connectivity index (χ2v) is 7.79. The van der Waals surface area contributed by atoms with E-state index in [2.05, 4.69) is 36.4 Å². The number of guanidine groups is 1. The molecule has 5 nitrogen and oxygen atoms in total. The van der Waals surface area contributed by atoms with Gasteiger partial charge in [-0.25, -0.2) is 9.38 Å². The lowest BCUT2D eigenvalue weighted by Crippen LogP contribution is -2.68. The van der Waals surface area contributed by atoms with E-state index >= 15 is 0 Å².